The molecule has 0 saturated carbocycles. The third-order valence-electron chi connectivity index (χ3n) is 5.68. The van der Waals surface area contributed by atoms with Gasteiger partial charge in [0.05, 0.1) is 34.1 Å². The van der Waals surface area contributed by atoms with Gasteiger partial charge in [0.2, 0.25) is 0 Å². The number of nitrogens with zero attached hydrogens (tertiary/aromatic N) is 3. The van der Waals surface area contributed by atoms with E-state index in [9.17, 15) is 9.59 Å². The molecule has 0 saturated heterocycles. The molecule has 1 atom stereocenters. The molecular formula is C26H23Cl2N3O2. The van der Waals surface area contributed by atoms with Crippen molar-refractivity contribution in [1.29, 1.82) is 0 Å². The van der Waals surface area contributed by atoms with Crippen molar-refractivity contribution in [2.75, 3.05) is 6.54 Å². The summed E-state index contributed by atoms with van der Waals surface area (Å²) in [5, 5.41) is 1.28. The van der Waals surface area contributed by atoms with Gasteiger partial charge in [-0.05, 0) is 49.7 Å². The van der Waals surface area contributed by atoms with Crippen molar-refractivity contribution < 1.29 is 4.79 Å². The summed E-state index contributed by atoms with van der Waals surface area (Å²) in [6.07, 6.45) is 0. The van der Waals surface area contributed by atoms with Gasteiger partial charge >= 0.3 is 0 Å². The highest BCUT2D eigenvalue weighted by molar-refractivity contribution is 6.36. The third kappa shape index (κ3) is 4.65. The first kappa shape index (κ1) is 23.0. The summed E-state index contributed by atoms with van der Waals surface area (Å²) in [5.74, 6) is 0.267. The smallest absolute Gasteiger partial charge is 0.261 e. The number of aromatic nitrogens is 2. The Kier molecular flexibility index (Phi) is 6.82. The fraction of sp³-hybridized carbons (Fsp3) is 0.192. The number of amides is 1. The lowest BCUT2D eigenvalue weighted by atomic mass is 10.1. The lowest BCUT2D eigenvalue weighted by Gasteiger charge is -2.30. The first-order valence-corrected chi connectivity index (χ1v) is 11.5. The summed E-state index contributed by atoms with van der Waals surface area (Å²) in [6.45, 7) is 4.53. The summed E-state index contributed by atoms with van der Waals surface area (Å²) in [6, 6.07) is 21.3. The number of benzene rings is 3. The topological polar surface area (TPSA) is 55.2 Å². The molecule has 0 fully saturated rings. The maximum atomic E-state index is 13.5. The number of hydrogen-bond acceptors (Lipinski definition) is 3. The largest absolute Gasteiger partial charge is 0.329 e. The molecule has 0 aliphatic rings. The lowest BCUT2D eigenvalue weighted by Crippen LogP contribution is -2.38. The minimum Gasteiger partial charge on any atom is -0.329 e. The molecule has 0 bridgehead atoms. The van der Waals surface area contributed by atoms with Crippen molar-refractivity contribution in [2.45, 2.75) is 26.4 Å². The van der Waals surface area contributed by atoms with Gasteiger partial charge in [-0.3, -0.25) is 14.2 Å². The van der Waals surface area contributed by atoms with E-state index in [-0.39, 0.29) is 16.5 Å². The predicted octanol–water partition coefficient (Wildman–Crippen LogP) is 5.97. The second-order valence-corrected chi connectivity index (χ2v) is 8.60. The van der Waals surface area contributed by atoms with Gasteiger partial charge in [-0.15, -0.1) is 0 Å². The molecule has 4 rings (SSSR count). The van der Waals surface area contributed by atoms with E-state index in [4.69, 9.17) is 28.2 Å². The van der Waals surface area contributed by atoms with Crippen LogP contribution in [-0.2, 0) is 6.54 Å². The van der Waals surface area contributed by atoms with Crippen molar-refractivity contribution >= 4 is 40.0 Å². The molecular weight excluding hydrogens is 457 g/mol. The molecule has 0 spiro atoms. The second-order valence-electron chi connectivity index (χ2n) is 7.76. The summed E-state index contributed by atoms with van der Waals surface area (Å²) in [5.41, 5.74) is 1.79. The van der Waals surface area contributed by atoms with Gasteiger partial charge in [-0.2, -0.15) is 0 Å². The molecule has 3 aromatic carbocycles. The molecule has 1 heterocycles. The SMILES string of the molecule is CCN(C(=O)c1ccc(Cl)cc1Cl)C(C)c1nc2ccccc2c(=O)n1Cc1ccccc1. The quantitative estimate of drug-likeness (QED) is 0.342. The van der Waals surface area contributed by atoms with E-state index in [1.165, 1.54) is 0 Å². The highest BCUT2D eigenvalue weighted by Crippen LogP contribution is 2.27. The van der Waals surface area contributed by atoms with Crippen LogP contribution in [0.25, 0.3) is 10.9 Å². The van der Waals surface area contributed by atoms with E-state index < -0.39 is 6.04 Å². The van der Waals surface area contributed by atoms with Crippen molar-refractivity contribution in [3.8, 4) is 0 Å². The Morgan fingerprint density at radius 2 is 1.73 bits per heavy atom. The maximum absolute atomic E-state index is 13.5. The Labute approximate surface area is 202 Å². The van der Waals surface area contributed by atoms with Crippen molar-refractivity contribution in [1.82, 2.24) is 14.5 Å². The molecule has 1 amide bonds. The third-order valence-corrected chi connectivity index (χ3v) is 6.23. The van der Waals surface area contributed by atoms with Crippen molar-refractivity contribution in [2.24, 2.45) is 0 Å². The monoisotopic (exact) mass is 479 g/mol. The molecule has 0 aliphatic heterocycles. The Morgan fingerprint density at radius 1 is 1.03 bits per heavy atom. The average molecular weight is 480 g/mol. The maximum Gasteiger partial charge on any atom is 0.261 e. The van der Waals surface area contributed by atoms with Gasteiger partial charge in [-0.1, -0.05) is 65.7 Å². The first-order chi connectivity index (χ1) is 15.9. The molecule has 33 heavy (non-hydrogen) atoms. The number of hydrogen-bond donors (Lipinski definition) is 0. The Bertz CT molecular complexity index is 1370. The number of para-hydroxylation sites is 1. The van der Waals surface area contributed by atoms with Crippen molar-refractivity contribution in [3.63, 3.8) is 0 Å². The minimum atomic E-state index is -0.477. The Morgan fingerprint density at radius 3 is 2.42 bits per heavy atom. The number of rotatable bonds is 6. The van der Waals surface area contributed by atoms with Crippen LogP contribution in [0.4, 0.5) is 0 Å². The second kappa shape index (κ2) is 9.77. The highest BCUT2D eigenvalue weighted by Gasteiger charge is 2.27. The van der Waals surface area contributed by atoms with Gasteiger partial charge in [0.1, 0.15) is 5.82 Å². The Balaban J connectivity index is 1.83. The van der Waals surface area contributed by atoms with Crippen LogP contribution in [0.2, 0.25) is 10.0 Å². The van der Waals surface area contributed by atoms with E-state index in [0.717, 1.165) is 5.56 Å². The van der Waals surface area contributed by atoms with Gasteiger partial charge in [0, 0.05) is 11.6 Å². The molecule has 5 nitrogen and oxygen atoms in total. The van der Waals surface area contributed by atoms with Crippen LogP contribution in [0.1, 0.15) is 41.6 Å². The van der Waals surface area contributed by atoms with Crippen LogP contribution in [0.5, 0.6) is 0 Å². The fourth-order valence-corrected chi connectivity index (χ4v) is 4.46. The van der Waals surface area contributed by atoms with Gasteiger partial charge < -0.3 is 4.90 Å². The molecule has 0 radical (unpaired) electrons. The normalized spacial score (nSPS) is 12.0. The zero-order valence-electron chi connectivity index (χ0n) is 18.3. The zero-order chi connectivity index (χ0) is 23.5. The molecule has 4 aromatic rings. The predicted molar refractivity (Wildman–Crippen MR) is 133 cm³/mol. The van der Waals surface area contributed by atoms with E-state index in [2.05, 4.69) is 0 Å². The summed E-state index contributed by atoms with van der Waals surface area (Å²) < 4.78 is 1.65. The molecule has 0 aliphatic carbocycles. The Hall–Kier alpha value is -3.15. The highest BCUT2D eigenvalue weighted by atomic mass is 35.5. The van der Waals surface area contributed by atoms with E-state index in [1.807, 2.05) is 62.4 Å². The standard InChI is InChI=1S/C26H23Cl2N3O2/c1-3-30(25(32)20-14-13-19(27)15-22(20)28)17(2)24-29-23-12-8-7-11-21(23)26(33)31(24)16-18-9-5-4-6-10-18/h4-15,17H,3,16H2,1-2H3. The van der Waals surface area contributed by atoms with Gasteiger partial charge in [-0.25, -0.2) is 4.98 Å². The zero-order valence-corrected chi connectivity index (χ0v) is 19.8. The van der Waals surface area contributed by atoms with Gasteiger partial charge in [0.25, 0.3) is 11.5 Å². The van der Waals surface area contributed by atoms with E-state index in [1.54, 1.807) is 33.7 Å². The minimum absolute atomic E-state index is 0.140. The first-order valence-electron chi connectivity index (χ1n) is 10.7. The molecule has 168 valence electrons. The fourth-order valence-electron chi connectivity index (χ4n) is 3.97. The van der Waals surface area contributed by atoms with Gasteiger partial charge in [0.15, 0.2) is 0 Å². The average Bonchev–Trinajstić information content (AvgIpc) is 2.81. The summed E-state index contributed by atoms with van der Waals surface area (Å²) in [7, 11) is 0. The number of fused-ring (bicyclic) bond motifs is 1. The van der Waals surface area contributed by atoms with Crippen LogP contribution in [0, 0.1) is 0 Å². The molecule has 0 N–H and O–H groups in total. The number of carbonyl (C=O) groups is 1. The van der Waals surface area contributed by atoms with Crippen LogP contribution < -0.4 is 5.56 Å². The molecule has 7 heteroatoms. The molecule has 1 aromatic heterocycles. The summed E-state index contributed by atoms with van der Waals surface area (Å²) >= 11 is 12.3. The van der Waals surface area contributed by atoms with E-state index in [0.29, 0.717) is 40.4 Å². The van der Waals surface area contributed by atoms with Crippen LogP contribution in [-0.4, -0.2) is 26.9 Å². The van der Waals surface area contributed by atoms with E-state index >= 15 is 0 Å². The summed E-state index contributed by atoms with van der Waals surface area (Å²) in [4.78, 5) is 33.4. The number of carbonyl (C=O) groups excluding carboxylic acids is 1. The van der Waals surface area contributed by atoms with Crippen LogP contribution >= 0.6 is 23.2 Å². The van der Waals surface area contributed by atoms with Crippen LogP contribution in [0.15, 0.2) is 77.6 Å². The van der Waals surface area contributed by atoms with Crippen molar-refractivity contribution in [3.05, 3.63) is 110 Å². The molecule has 1 unspecified atom stereocenters. The lowest BCUT2D eigenvalue weighted by molar-refractivity contribution is 0.0691. The van der Waals surface area contributed by atoms with Crippen LogP contribution in [0.3, 0.4) is 0 Å². The number of halogens is 2.